The number of carboxylic acids is 1. The molecule has 1 fully saturated rings. The molecular formula is C28H29F3N2O4S. The van der Waals surface area contributed by atoms with E-state index in [1.54, 1.807) is 16.6 Å². The van der Waals surface area contributed by atoms with Crippen LogP contribution < -0.4 is 0 Å². The van der Waals surface area contributed by atoms with E-state index in [2.05, 4.69) is 0 Å². The van der Waals surface area contributed by atoms with Gasteiger partial charge in [-0.15, -0.1) is 10.8 Å². The summed E-state index contributed by atoms with van der Waals surface area (Å²) in [4.78, 5) is 11.8. The standard InChI is InChI=1S/C28H29F3N2O4S/c1-16-13-18-7-8-19(28(29,30)31)14-25(18)38(36,37)33(15-16)24-10-9-21-20(24)3-2-4-23(21)32-12-11-22(27(34)35)26(32)17-5-6-17/h2-4,7-8,11-12,14,16-17,24,36-37H,5-6,9-10,13,15H2,1H3,(H,34,35)/t16-,24?/m0/s1. The van der Waals surface area contributed by atoms with E-state index in [0.29, 0.717) is 36.9 Å². The molecule has 0 bridgehead atoms. The smallest absolute Gasteiger partial charge is 0.416 e. The normalized spacial score (nSPS) is 23.9. The molecule has 1 aliphatic heterocycles. The summed E-state index contributed by atoms with van der Waals surface area (Å²) in [5, 5.41) is 9.72. The van der Waals surface area contributed by atoms with E-state index < -0.39 is 34.5 Å². The zero-order valence-corrected chi connectivity index (χ0v) is 21.6. The third kappa shape index (κ3) is 4.14. The third-order valence-electron chi connectivity index (χ3n) is 8.02. The quantitative estimate of drug-likeness (QED) is 0.320. The average Bonchev–Trinajstić information content (AvgIpc) is 3.46. The topological polar surface area (TPSA) is 85.9 Å². The summed E-state index contributed by atoms with van der Waals surface area (Å²) in [6, 6.07) is 10.3. The summed E-state index contributed by atoms with van der Waals surface area (Å²) in [7, 11) is -3.71. The van der Waals surface area contributed by atoms with Gasteiger partial charge in [0.15, 0.2) is 0 Å². The van der Waals surface area contributed by atoms with E-state index in [4.69, 9.17) is 0 Å². The Morgan fingerprint density at radius 2 is 1.84 bits per heavy atom. The SMILES string of the molecule is C[C@H]1Cc2ccc(C(F)(F)F)cc2S(O)(O)N(C2CCc3c2cccc3-n2ccc(C(=O)O)c2C2CC2)C1. The summed E-state index contributed by atoms with van der Waals surface area (Å²) < 4.78 is 67.3. The number of hydrogen-bond acceptors (Lipinski definition) is 4. The Kier molecular flexibility index (Phi) is 5.95. The minimum atomic E-state index is -4.59. The maximum Gasteiger partial charge on any atom is 0.416 e. The highest BCUT2D eigenvalue weighted by Gasteiger charge is 2.42. The van der Waals surface area contributed by atoms with Gasteiger partial charge in [0.1, 0.15) is 0 Å². The molecule has 0 spiro atoms. The van der Waals surface area contributed by atoms with Crippen molar-refractivity contribution in [1.82, 2.24) is 8.87 Å². The number of aromatic nitrogens is 1. The minimum absolute atomic E-state index is 0.00422. The maximum absolute atomic E-state index is 13.5. The molecule has 1 aromatic heterocycles. The van der Waals surface area contributed by atoms with Crippen LogP contribution in [0.1, 0.15) is 76.5 Å². The van der Waals surface area contributed by atoms with Gasteiger partial charge in [0.05, 0.1) is 22.1 Å². The van der Waals surface area contributed by atoms with E-state index in [1.165, 1.54) is 6.07 Å². The number of aromatic carboxylic acids is 1. The number of benzene rings is 2. The molecule has 6 rings (SSSR count). The second-order valence-electron chi connectivity index (χ2n) is 10.7. The van der Waals surface area contributed by atoms with E-state index in [0.717, 1.165) is 47.5 Å². The number of hydrogen-bond donors (Lipinski definition) is 3. The fourth-order valence-corrected chi connectivity index (χ4v) is 8.26. The van der Waals surface area contributed by atoms with Gasteiger partial charge in [-0.3, -0.25) is 9.11 Å². The number of fused-ring (bicyclic) bond motifs is 2. The molecule has 3 aromatic rings. The van der Waals surface area contributed by atoms with Gasteiger partial charge in [-0.05, 0) is 79.0 Å². The first-order valence-corrected chi connectivity index (χ1v) is 14.3. The zero-order chi connectivity index (χ0) is 27.0. The summed E-state index contributed by atoms with van der Waals surface area (Å²) in [6.45, 7) is 2.30. The van der Waals surface area contributed by atoms with E-state index in [9.17, 15) is 32.2 Å². The van der Waals surface area contributed by atoms with Gasteiger partial charge in [-0.25, -0.2) is 4.79 Å². The minimum Gasteiger partial charge on any atom is -0.478 e. The average molecular weight is 547 g/mol. The molecule has 6 nitrogen and oxygen atoms in total. The molecule has 2 heterocycles. The van der Waals surface area contributed by atoms with Crippen LogP contribution >= 0.6 is 10.8 Å². The van der Waals surface area contributed by atoms with Gasteiger partial charge in [-0.2, -0.15) is 17.5 Å². The van der Waals surface area contributed by atoms with Gasteiger partial charge >= 0.3 is 12.1 Å². The molecular weight excluding hydrogens is 517 g/mol. The van der Waals surface area contributed by atoms with Gasteiger partial charge in [0, 0.05) is 30.0 Å². The molecule has 1 unspecified atom stereocenters. The van der Waals surface area contributed by atoms with Crippen LogP contribution in [-0.2, 0) is 19.0 Å². The van der Waals surface area contributed by atoms with Crippen molar-refractivity contribution in [3.8, 4) is 5.69 Å². The molecule has 3 N–H and O–H groups in total. The Bertz CT molecular complexity index is 1430. The van der Waals surface area contributed by atoms with Crippen LogP contribution in [0, 0.1) is 5.92 Å². The number of carboxylic acid groups (broad SMARTS) is 1. The number of nitrogens with zero attached hydrogens (tertiary/aromatic N) is 2. The van der Waals surface area contributed by atoms with Crippen LogP contribution in [0.3, 0.4) is 0 Å². The van der Waals surface area contributed by atoms with Crippen molar-refractivity contribution < 1.29 is 32.2 Å². The molecule has 10 heteroatoms. The van der Waals surface area contributed by atoms with Crippen LogP contribution in [0.4, 0.5) is 13.2 Å². The second kappa shape index (κ2) is 8.87. The Morgan fingerprint density at radius 3 is 2.53 bits per heavy atom. The number of carbonyl (C=O) groups is 1. The van der Waals surface area contributed by atoms with Crippen LogP contribution in [0.5, 0.6) is 0 Å². The Morgan fingerprint density at radius 1 is 1.08 bits per heavy atom. The lowest BCUT2D eigenvalue weighted by atomic mass is 9.99. The lowest BCUT2D eigenvalue weighted by molar-refractivity contribution is -0.137. The van der Waals surface area contributed by atoms with Crippen molar-refractivity contribution in [2.75, 3.05) is 6.54 Å². The summed E-state index contributed by atoms with van der Waals surface area (Å²) >= 11 is 0. The summed E-state index contributed by atoms with van der Waals surface area (Å²) in [5.74, 6) is -0.766. The lowest BCUT2D eigenvalue weighted by Gasteiger charge is -2.46. The highest BCUT2D eigenvalue weighted by Crippen LogP contribution is 2.61. The predicted molar refractivity (Wildman–Crippen MR) is 138 cm³/mol. The van der Waals surface area contributed by atoms with Crippen molar-refractivity contribution in [3.05, 3.63) is 82.2 Å². The molecule has 1 saturated carbocycles. The first kappa shape index (κ1) is 25.5. The molecule has 38 heavy (non-hydrogen) atoms. The van der Waals surface area contributed by atoms with Gasteiger partial charge < -0.3 is 9.67 Å². The van der Waals surface area contributed by atoms with Gasteiger partial charge in [-0.1, -0.05) is 25.1 Å². The Labute approximate surface area is 220 Å². The van der Waals surface area contributed by atoms with Gasteiger partial charge in [0.25, 0.3) is 0 Å². The van der Waals surface area contributed by atoms with Crippen molar-refractivity contribution >= 4 is 16.7 Å². The highest BCUT2D eigenvalue weighted by molar-refractivity contribution is 8.22. The lowest BCUT2D eigenvalue weighted by Crippen LogP contribution is -2.33. The fourth-order valence-electron chi connectivity index (χ4n) is 6.18. The molecule has 0 radical (unpaired) electrons. The largest absolute Gasteiger partial charge is 0.478 e. The van der Waals surface area contributed by atoms with Crippen LogP contribution in [0.2, 0.25) is 0 Å². The van der Waals surface area contributed by atoms with Gasteiger partial charge in [0.2, 0.25) is 0 Å². The molecule has 202 valence electrons. The fraction of sp³-hybridized carbons (Fsp3) is 0.393. The van der Waals surface area contributed by atoms with Crippen LogP contribution in [0.25, 0.3) is 5.69 Å². The zero-order valence-electron chi connectivity index (χ0n) is 20.8. The highest BCUT2D eigenvalue weighted by atomic mass is 32.3. The first-order chi connectivity index (χ1) is 18.0. The third-order valence-corrected chi connectivity index (χ3v) is 10.0. The molecule has 2 aromatic carbocycles. The molecule has 2 aliphatic carbocycles. The van der Waals surface area contributed by atoms with E-state index in [1.807, 2.05) is 29.7 Å². The maximum atomic E-state index is 13.5. The number of halogens is 3. The summed E-state index contributed by atoms with van der Waals surface area (Å²) in [5.41, 5.74) is 3.50. The number of rotatable bonds is 4. The van der Waals surface area contributed by atoms with Crippen LogP contribution in [0.15, 0.2) is 53.6 Å². The Balaban J connectivity index is 1.43. The Hall–Kier alpha value is -2.79. The van der Waals surface area contributed by atoms with E-state index >= 15 is 0 Å². The molecule has 2 atom stereocenters. The monoisotopic (exact) mass is 546 g/mol. The predicted octanol–water partition coefficient (Wildman–Crippen LogP) is 7.28. The van der Waals surface area contributed by atoms with Crippen molar-refractivity contribution in [3.63, 3.8) is 0 Å². The van der Waals surface area contributed by atoms with Crippen molar-refractivity contribution in [2.24, 2.45) is 5.92 Å². The first-order valence-electron chi connectivity index (χ1n) is 12.8. The second-order valence-corrected chi connectivity index (χ2v) is 12.7. The molecule has 0 saturated heterocycles. The summed E-state index contributed by atoms with van der Waals surface area (Å²) in [6.07, 6.45) is 0.739. The van der Waals surface area contributed by atoms with Crippen molar-refractivity contribution in [2.45, 2.75) is 62.1 Å². The molecule has 0 amide bonds. The van der Waals surface area contributed by atoms with Crippen molar-refractivity contribution in [1.29, 1.82) is 0 Å². The molecule has 3 aliphatic rings. The van der Waals surface area contributed by atoms with E-state index in [-0.39, 0.29) is 16.7 Å². The van der Waals surface area contributed by atoms with Crippen LogP contribution in [-0.4, -0.2) is 35.6 Å². The number of alkyl halides is 3.